The molecular weight excluding hydrogens is 523 g/mol. The van der Waals surface area contributed by atoms with Gasteiger partial charge in [0, 0.05) is 0 Å². The van der Waals surface area contributed by atoms with Crippen molar-refractivity contribution >= 4 is 8.04 Å². The molecule has 6 nitrogen and oxygen atoms in total. The van der Waals surface area contributed by atoms with Crippen LogP contribution in [0, 0.1) is 28.8 Å². The molecular formula is C33H46O6P+. The third-order valence-corrected chi connectivity index (χ3v) is 9.43. The summed E-state index contributed by atoms with van der Waals surface area (Å²) >= 11 is 0. The molecule has 2 aromatic rings. The van der Waals surface area contributed by atoms with E-state index in [2.05, 4.69) is 13.8 Å². The molecule has 2 saturated carbocycles. The molecule has 7 heteroatoms. The molecule has 4 rings (SSSR count). The van der Waals surface area contributed by atoms with Crippen LogP contribution < -0.4 is 9.47 Å². The summed E-state index contributed by atoms with van der Waals surface area (Å²) in [7, 11) is 0.967. The Labute approximate surface area is 241 Å². The van der Waals surface area contributed by atoms with Gasteiger partial charge in [-0.3, -0.25) is 0 Å². The fraction of sp³-hybridized carbons (Fsp3) is 0.606. The molecule has 0 bridgehead atoms. The molecule has 5 unspecified atom stereocenters. The van der Waals surface area contributed by atoms with Crippen LogP contribution in [0.1, 0.15) is 46.0 Å². The van der Waals surface area contributed by atoms with Gasteiger partial charge in [0.05, 0.1) is 0 Å². The second-order valence-corrected chi connectivity index (χ2v) is 13.5. The van der Waals surface area contributed by atoms with Crippen LogP contribution in [0.4, 0.5) is 0 Å². The molecule has 40 heavy (non-hydrogen) atoms. The van der Waals surface area contributed by atoms with Crippen molar-refractivity contribution in [3.05, 3.63) is 60.7 Å². The summed E-state index contributed by atoms with van der Waals surface area (Å²) in [5.74, 6) is 2.80. The van der Waals surface area contributed by atoms with Gasteiger partial charge >= 0.3 is 205 Å². The normalized spacial score (nSPS) is 29.6. The quantitative estimate of drug-likeness (QED) is 0.255. The summed E-state index contributed by atoms with van der Waals surface area (Å²) < 4.78 is 23.1. The SMILES string of the molecule is C#[P+]C1CC(C)(COCC(O)COc2ccccc2)CCC1C1CC(C)(COCC(O)COc2ccccc2)C1. The van der Waals surface area contributed by atoms with Crippen molar-refractivity contribution in [2.45, 2.75) is 63.8 Å². The van der Waals surface area contributed by atoms with Gasteiger partial charge in [-0.25, -0.2) is 0 Å². The maximum atomic E-state index is 10.3. The van der Waals surface area contributed by atoms with Crippen molar-refractivity contribution in [3.8, 4) is 17.6 Å². The van der Waals surface area contributed by atoms with Crippen molar-refractivity contribution in [2.24, 2.45) is 22.7 Å². The molecule has 2 N–H and O–H groups in total. The number of aliphatic hydroxyl groups excluding tert-OH is 2. The monoisotopic (exact) mass is 569 g/mol. The van der Waals surface area contributed by atoms with Crippen LogP contribution in [0.15, 0.2) is 60.7 Å². The minimum atomic E-state index is -0.657. The van der Waals surface area contributed by atoms with Gasteiger partial charge in [-0.05, 0) is 12.1 Å². The van der Waals surface area contributed by atoms with Crippen LogP contribution in [-0.4, -0.2) is 67.7 Å². The molecule has 2 aliphatic carbocycles. The molecule has 0 radical (unpaired) electrons. The van der Waals surface area contributed by atoms with Crippen LogP contribution in [0.25, 0.3) is 0 Å². The Morgan fingerprint density at radius 3 is 1.77 bits per heavy atom. The average molecular weight is 570 g/mol. The standard InChI is InChI=1S/C33H46O6P/c1-32(23-36-19-26(34)21-38-28-10-6-4-7-11-28)15-14-30(31(18-32)40-3)25-16-33(2,17-25)24-37-20-27(35)22-39-29-12-8-5-9-13-29/h3-13,25-27,30-31,34-35H,14-24H2,1-2H3/q+1. The van der Waals surface area contributed by atoms with Gasteiger partial charge in [-0.1, -0.05) is 24.3 Å². The summed E-state index contributed by atoms with van der Waals surface area (Å²) in [5.41, 5.74) is 0.686. The zero-order valence-corrected chi connectivity index (χ0v) is 24.9. The van der Waals surface area contributed by atoms with Gasteiger partial charge in [0.15, 0.2) is 0 Å². The van der Waals surface area contributed by atoms with Crippen molar-refractivity contribution in [1.29, 1.82) is 0 Å². The van der Waals surface area contributed by atoms with E-state index in [4.69, 9.17) is 25.1 Å². The van der Waals surface area contributed by atoms with E-state index in [9.17, 15) is 10.2 Å². The summed E-state index contributed by atoms with van der Waals surface area (Å²) in [4.78, 5) is 0. The number of hydrogen-bond acceptors (Lipinski definition) is 6. The predicted octanol–water partition coefficient (Wildman–Crippen LogP) is 6.03. The first-order valence-corrected chi connectivity index (χ1v) is 15.6. The third-order valence-electron chi connectivity index (χ3n) is 8.48. The van der Waals surface area contributed by atoms with Crippen molar-refractivity contribution in [3.63, 3.8) is 0 Å². The van der Waals surface area contributed by atoms with E-state index in [1.807, 2.05) is 60.7 Å². The topological polar surface area (TPSA) is 77.4 Å². The average Bonchev–Trinajstić information content (AvgIpc) is 2.94. The Balaban J connectivity index is 1.12. The van der Waals surface area contributed by atoms with Crippen LogP contribution in [0.3, 0.4) is 0 Å². The van der Waals surface area contributed by atoms with E-state index in [0.717, 1.165) is 51.6 Å². The number of aliphatic hydroxyl groups is 2. The molecule has 2 aliphatic rings. The van der Waals surface area contributed by atoms with E-state index in [1.54, 1.807) is 0 Å². The molecule has 0 saturated heterocycles. The first-order valence-electron chi connectivity index (χ1n) is 14.5. The molecule has 2 aromatic carbocycles. The zero-order valence-electron chi connectivity index (χ0n) is 24.0. The molecule has 218 valence electrons. The molecule has 0 aliphatic heterocycles. The molecule has 0 aromatic heterocycles. The van der Waals surface area contributed by atoms with Gasteiger partial charge in [-0.15, -0.1) is 0 Å². The van der Waals surface area contributed by atoms with E-state index < -0.39 is 12.2 Å². The number of benzene rings is 2. The maximum absolute atomic E-state index is 10.3. The Bertz CT molecular complexity index is 1050. The van der Waals surface area contributed by atoms with Gasteiger partial charge in [0.2, 0.25) is 0 Å². The fourth-order valence-corrected chi connectivity index (χ4v) is 7.49. The Morgan fingerprint density at radius 1 is 0.775 bits per heavy atom. The predicted molar refractivity (Wildman–Crippen MR) is 159 cm³/mol. The summed E-state index contributed by atoms with van der Waals surface area (Å²) in [6.45, 7) is 6.87. The number of para-hydroxylation sites is 2. The second-order valence-electron chi connectivity index (χ2n) is 12.5. The van der Waals surface area contributed by atoms with Crippen LogP contribution in [0.2, 0.25) is 0 Å². The van der Waals surface area contributed by atoms with Crippen LogP contribution in [-0.2, 0) is 9.47 Å². The Hall–Kier alpha value is -1.91. The summed E-state index contributed by atoms with van der Waals surface area (Å²) in [5, 5.41) is 20.5. The number of ether oxygens (including phenoxy) is 4. The minimum absolute atomic E-state index is 0.0711. The second kappa shape index (κ2) is 14.8. The first-order chi connectivity index (χ1) is 19.3. The van der Waals surface area contributed by atoms with Gasteiger partial charge in [0.1, 0.15) is 0 Å². The molecule has 0 spiro atoms. The Morgan fingerprint density at radius 2 is 1.27 bits per heavy atom. The fourth-order valence-electron chi connectivity index (χ4n) is 6.33. The van der Waals surface area contributed by atoms with E-state index in [0.29, 0.717) is 30.7 Å². The van der Waals surface area contributed by atoms with E-state index >= 15 is 0 Å². The zero-order chi connectivity index (χ0) is 28.4. The van der Waals surface area contributed by atoms with Gasteiger partial charge in [-0.2, -0.15) is 0 Å². The van der Waals surface area contributed by atoms with E-state index in [-0.39, 0.29) is 37.3 Å². The summed E-state index contributed by atoms with van der Waals surface area (Å²) in [6, 6.07) is 19.1. The van der Waals surface area contributed by atoms with Crippen molar-refractivity contribution in [2.75, 3.05) is 39.6 Å². The Kier molecular flexibility index (Phi) is 11.5. The van der Waals surface area contributed by atoms with Gasteiger partial charge < -0.3 is 0 Å². The van der Waals surface area contributed by atoms with Crippen molar-refractivity contribution < 1.29 is 29.2 Å². The van der Waals surface area contributed by atoms with Crippen molar-refractivity contribution in [1.82, 2.24) is 0 Å². The van der Waals surface area contributed by atoms with E-state index in [1.165, 1.54) is 0 Å². The molecule has 5 atom stereocenters. The third kappa shape index (κ3) is 9.31. The molecule has 0 heterocycles. The van der Waals surface area contributed by atoms with Gasteiger partial charge in [0.25, 0.3) is 0 Å². The first kappa shape index (κ1) is 31.0. The number of rotatable bonds is 15. The van der Waals surface area contributed by atoms with Crippen LogP contribution >= 0.6 is 8.04 Å². The summed E-state index contributed by atoms with van der Waals surface area (Å²) in [6.07, 6.45) is 10.6. The molecule has 2 fully saturated rings. The number of hydrogen-bond donors (Lipinski definition) is 2. The molecule has 0 amide bonds. The van der Waals surface area contributed by atoms with Crippen LogP contribution in [0.5, 0.6) is 11.5 Å².